The maximum Gasteiger partial charge on any atom is 0.262 e. The van der Waals surface area contributed by atoms with Crippen molar-refractivity contribution in [1.82, 2.24) is 9.62 Å². The maximum atomic E-state index is 13.4. The molecule has 1 aliphatic heterocycles. The van der Waals surface area contributed by atoms with Crippen LogP contribution in [0.15, 0.2) is 77.7 Å². The molecule has 0 radical (unpaired) electrons. The highest BCUT2D eigenvalue weighted by Gasteiger charge is 2.35. The number of amides is 2. The van der Waals surface area contributed by atoms with Gasteiger partial charge >= 0.3 is 0 Å². The summed E-state index contributed by atoms with van der Waals surface area (Å²) >= 11 is 0. The van der Waals surface area contributed by atoms with E-state index in [1.165, 1.54) is 44.4 Å². The molecule has 1 heterocycles. The predicted molar refractivity (Wildman–Crippen MR) is 146 cm³/mol. The summed E-state index contributed by atoms with van der Waals surface area (Å²) in [5, 5.41) is 2.87. The van der Waals surface area contributed by atoms with E-state index in [-0.39, 0.29) is 23.1 Å². The molecule has 1 atom stereocenters. The Kier molecular flexibility index (Phi) is 8.72. The second-order valence-electron chi connectivity index (χ2n) is 8.88. The van der Waals surface area contributed by atoms with Gasteiger partial charge in [-0.25, -0.2) is 8.42 Å². The third-order valence-corrected chi connectivity index (χ3v) is 8.14. The van der Waals surface area contributed by atoms with Gasteiger partial charge in [0, 0.05) is 19.7 Å². The monoisotopic (exact) mass is 553 g/mol. The van der Waals surface area contributed by atoms with Crippen LogP contribution in [0, 0.1) is 0 Å². The van der Waals surface area contributed by atoms with E-state index in [0.717, 1.165) is 9.87 Å². The summed E-state index contributed by atoms with van der Waals surface area (Å²) in [7, 11) is 0.148. The first kappa shape index (κ1) is 27.9. The Morgan fingerprint density at radius 2 is 1.69 bits per heavy atom. The third-order valence-electron chi connectivity index (χ3n) is 6.34. The first-order valence-corrected chi connectivity index (χ1v) is 13.7. The number of carbonyl (C=O) groups is 2. The molecule has 0 aromatic heterocycles. The van der Waals surface area contributed by atoms with Gasteiger partial charge in [0.2, 0.25) is 15.9 Å². The van der Waals surface area contributed by atoms with Crippen molar-refractivity contribution in [2.45, 2.75) is 17.4 Å². The van der Waals surface area contributed by atoms with Crippen LogP contribution in [-0.4, -0.2) is 71.5 Å². The van der Waals surface area contributed by atoms with Gasteiger partial charge in [-0.1, -0.05) is 42.5 Å². The molecule has 3 aromatic carbocycles. The highest BCUT2D eigenvalue weighted by Crippen LogP contribution is 2.34. The predicted octanol–water partition coefficient (Wildman–Crippen LogP) is 2.48. The lowest BCUT2D eigenvalue weighted by atomic mass is 10.1. The largest absolute Gasteiger partial charge is 0.493 e. The van der Waals surface area contributed by atoms with Gasteiger partial charge in [0.1, 0.15) is 5.75 Å². The second-order valence-corrected chi connectivity index (χ2v) is 10.9. The highest BCUT2D eigenvalue weighted by atomic mass is 32.2. The van der Waals surface area contributed by atoms with Gasteiger partial charge in [-0.05, 0) is 36.2 Å². The molecule has 0 saturated heterocycles. The Morgan fingerprint density at radius 1 is 1.00 bits per heavy atom. The molecule has 206 valence electrons. The van der Waals surface area contributed by atoms with Gasteiger partial charge in [-0.15, -0.1) is 0 Å². The Hall–Kier alpha value is -4.09. The van der Waals surface area contributed by atoms with E-state index in [2.05, 4.69) is 5.32 Å². The van der Waals surface area contributed by atoms with E-state index in [0.29, 0.717) is 30.2 Å². The van der Waals surface area contributed by atoms with E-state index in [1.54, 1.807) is 24.3 Å². The fourth-order valence-corrected chi connectivity index (χ4v) is 5.35. The van der Waals surface area contributed by atoms with E-state index in [4.69, 9.17) is 14.2 Å². The van der Waals surface area contributed by atoms with Gasteiger partial charge < -0.3 is 24.4 Å². The summed E-state index contributed by atoms with van der Waals surface area (Å²) in [4.78, 5) is 27.7. The number of anilines is 1. The molecule has 4 rings (SSSR count). The molecule has 0 bridgehead atoms. The molecule has 2 amide bonds. The maximum absolute atomic E-state index is 13.4. The van der Waals surface area contributed by atoms with Crippen LogP contribution < -0.4 is 24.4 Å². The number of rotatable bonds is 10. The van der Waals surface area contributed by atoms with E-state index < -0.39 is 28.6 Å². The molecule has 0 unspecified atom stereocenters. The van der Waals surface area contributed by atoms with Crippen molar-refractivity contribution < 1.29 is 32.2 Å². The van der Waals surface area contributed by atoms with Gasteiger partial charge in [-0.2, -0.15) is 4.31 Å². The Labute approximate surface area is 228 Å². The molecule has 1 aliphatic rings. The number of sulfonamides is 1. The van der Waals surface area contributed by atoms with Crippen molar-refractivity contribution in [3.63, 3.8) is 0 Å². The molecule has 39 heavy (non-hydrogen) atoms. The highest BCUT2D eigenvalue weighted by molar-refractivity contribution is 7.89. The number of methoxy groups -OCH3 is 2. The summed E-state index contributed by atoms with van der Waals surface area (Å²) < 4.78 is 43.7. The third kappa shape index (κ3) is 6.32. The van der Waals surface area contributed by atoms with Crippen molar-refractivity contribution >= 4 is 27.5 Å². The molecule has 0 aliphatic carbocycles. The van der Waals surface area contributed by atoms with Gasteiger partial charge in [-0.3, -0.25) is 9.59 Å². The van der Waals surface area contributed by atoms with E-state index >= 15 is 0 Å². The fraction of sp³-hybridized carbons (Fsp3) is 0.286. The standard InChI is InChI=1S/C28H31N3O7S/c1-30(39(34,35)21-13-14-24(36-2)25(17-21)37-3)19-27(32)31-18-26(38-23-12-8-7-11-22(23)31)28(33)29-16-15-20-9-5-4-6-10-20/h4-14,17,26H,15-16,18-19H2,1-3H3,(H,29,33)/t26-/m1/s1. The number of hydrogen-bond donors (Lipinski definition) is 1. The van der Waals surface area contributed by atoms with Crippen LogP contribution in [0.4, 0.5) is 5.69 Å². The minimum Gasteiger partial charge on any atom is -0.493 e. The van der Waals surface area contributed by atoms with Crippen molar-refractivity contribution in [1.29, 1.82) is 0 Å². The van der Waals surface area contributed by atoms with E-state index in [9.17, 15) is 18.0 Å². The zero-order chi connectivity index (χ0) is 28.0. The van der Waals surface area contributed by atoms with Crippen LogP contribution in [-0.2, 0) is 26.0 Å². The molecular formula is C28H31N3O7S. The van der Waals surface area contributed by atoms with Crippen LogP contribution >= 0.6 is 0 Å². The average Bonchev–Trinajstić information content (AvgIpc) is 2.96. The number of fused-ring (bicyclic) bond motifs is 1. The number of para-hydroxylation sites is 2. The van der Waals surface area contributed by atoms with Crippen molar-refractivity contribution in [2.75, 3.05) is 45.8 Å². The number of likely N-dealkylation sites (N-methyl/N-ethyl adjacent to an activating group) is 1. The first-order chi connectivity index (χ1) is 18.7. The number of ether oxygens (including phenoxy) is 3. The molecule has 10 nitrogen and oxygen atoms in total. The van der Waals surface area contributed by atoms with E-state index in [1.807, 2.05) is 30.3 Å². The zero-order valence-electron chi connectivity index (χ0n) is 22.0. The number of hydrogen-bond acceptors (Lipinski definition) is 7. The minimum absolute atomic E-state index is 0.0477. The molecular weight excluding hydrogens is 522 g/mol. The smallest absolute Gasteiger partial charge is 0.262 e. The average molecular weight is 554 g/mol. The molecule has 1 N–H and O–H groups in total. The summed E-state index contributed by atoms with van der Waals surface area (Å²) in [5.74, 6) is 0.143. The lowest BCUT2D eigenvalue weighted by Gasteiger charge is -2.35. The molecule has 0 fully saturated rings. The summed E-state index contributed by atoms with van der Waals surface area (Å²) in [6.45, 7) is -0.102. The van der Waals surface area contributed by atoms with Crippen LogP contribution in [0.5, 0.6) is 17.2 Å². The van der Waals surface area contributed by atoms with Crippen molar-refractivity contribution in [2.24, 2.45) is 0 Å². The molecule has 11 heteroatoms. The lowest BCUT2D eigenvalue weighted by Crippen LogP contribution is -2.52. The van der Waals surface area contributed by atoms with Crippen molar-refractivity contribution in [3.05, 3.63) is 78.4 Å². The molecule has 0 saturated carbocycles. The second kappa shape index (κ2) is 12.2. The van der Waals surface area contributed by atoms with Crippen LogP contribution in [0.2, 0.25) is 0 Å². The number of benzene rings is 3. The first-order valence-electron chi connectivity index (χ1n) is 12.3. The number of carbonyl (C=O) groups excluding carboxylic acids is 2. The Balaban J connectivity index is 1.47. The lowest BCUT2D eigenvalue weighted by molar-refractivity contribution is -0.128. The topological polar surface area (TPSA) is 114 Å². The zero-order valence-corrected chi connectivity index (χ0v) is 22.8. The van der Waals surface area contributed by atoms with Crippen molar-refractivity contribution in [3.8, 4) is 17.2 Å². The van der Waals surface area contributed by atoms with Crippen LogP contribution in [0.25, 0.3) is 0 Å². The number of nitrogens with one attached hydrogen (secondary N) is 1. The van der Waals surface area contributed by atoms with Gasteiger partial charge in [0.05, 0.1) is 37.9 Å². The Morgan fingerprint density at radius 3 is 2.41 bits per heavy atom. The number of nitrogens with zero attached hydrogens (tertiary/aromatic N) is 2. The van der Waals surface area contributed by atoms with Crippen LogP contribution in [0.3, 0.4) is 0 Å². The summed E-state index contributed by atoms with van der Waals surface area (Å²) in [6, 6.07) is 20.8. The van der Waals surface area contributed by atoms with Crippen LogP contribution in [0.1, 0.15) is 5.56 Å². The Bertz CT molecular complexity index is 1430. The summed E-state index contributed by atoms with van der Waals surface area (Å²) in [6.07, 6.45) is -0.301. The quantitative estimate of drug-likeness (QED) is 0.410. The SMILES string of the molecule is COc1ccc(S(=O)(=O)N(C)CC(=O)N2C[C@H](C(=O)NCCc3ccccc3)Oc3ccccc32)cc1OC. The normalized spacial score (nSPS) is 14.8. The molecule has 0 spiro atoms. The van der Waals surface area contributed by atoms with Gasteiger partial charge in [0.15, 0.2) is 17.6 Å². The fourth-order valence-electron chi connectivity index (χ4n) is 4.21. The molecule has 3 aromatic rings. The minimum atomic E-state index is -4.04. The van der Waals surface area contributed by atoms with Gasteiger partial charge in [0.25, 0.3) is 5.91 Å². The summed E-state index contributed by atoms with van der Waals surface area (Å²) in [5.41, 5.74) is 1.55.